The first-order valence-electron chi connectivity index (χ1n) is 5.67. The average Bonchev–Trinajstić information content (AvgIpc) is 2.82. The van der Waals surface area contributed by atoms with Crippen LogP contribution in [0.5, 0.6) is 0 Å². The number of carboxylic acid groups (broad SMARTS) is 1. The predicted octanol–water partition coefficient (Wildman–Crippen LogP) is 1.71. The Hall–Kier alpha value is -1.14. The van der Waals surface area contributed by atoms with Gasteiger partial charge in [-0.1, -0.05) is 0 Å². The van der Waals surface area contributed by atoms with Gasteiger partial charge in [-0.05, 0) is 19.3 Å². The maximum Gasteiger partial charge on any atom is 0.312 e. The van der Waals surface area contributed by atoms with E-state index in [9.17, 15) is 4.79 Å². The smallest absolute Gasteiger partial charge is 0.312 e. The number of anilines is 1. The third-order valence-electron chi connectivity index (χ3n) is 2.82. The molecule has 2 N–H and O–H groups in total. The summed E-state index contributed by atoms with van der Waals surface area (Å²) in [6, 6.07) is 0. The number of aryl methyl sites for hydroxylation is 1. The molecule has 5 nitrogen and oxygen atoms in total. The molecule has 0 amide bonds. The molecule has 17 heavy (non-hydrogen) atoms. The van der Waals surface area contributed by atoms with E-state index in [1.165, 1.54) is 0 Å². The van der Waals surface area contributed by atoms with Crippen molar-refractivity contribution in [2.75, 3.05) is 25.6 Å². The number of hydrogen-bond acceptors (Lipinski definition) is 5. The Morgan fingerprint density at radius 3 is 3.24 bits per heavy atom. The number of aromatic nitrogens is 1. The van der Waals surface area contributed by atoms with Gasteiger partial charge in [-0.25, -0.2) is 4.98 Å². The van der Waals surface area contributed by atoms with Crippen LogP contribution in [-0.4, -0.2) is 36.3 Å². The lowest BCUT2D eigenvalue weighted by Crippen LogP contribution is -2.09. The van der Waals surface area contributed by atoms with Gasteiger partial charge in [-0.2, -0.15) is 0 Å². The van der Waals surface area contributed by atoms with E-state index in [-0.39, 0.29) is 0 Å². The Morgan fingerprint density at radius 1 is 1.71 bits per heavy atom. The summed E-state index contributed by atoms with van der Waals surface area (Å²) in [5, 5.41) is 13.1. The molecule has 0 bridgehead atoms. The van der Waals surface area contributed by atoms with Gasteiger partial charge in [0.1, 0.15) is 5.92 Å². The van der Waals surface area contributed by atoms with Gasteiger partial charge >= 0.3 is 5.97 Å². The Balaban J connectivity index is 1.94. The van der Waals surface area contributed by atoms with Crippen LogP contribution in [0.3, 0.4) is 0 Å². The van der Waals surface area contributed by atoms with E-state index < -0.39 is 11.9 Å². The van der Waals surface area contributed by atoms with E-state index in [1.807, 2.05) is 0 Å². The molecular formula is C11H16N2O3S. The summed E-state index contributed by atoms with van der Waals surface area (Å²) in [5.74, 6) is -1.17. The maximum absolute atomic E-state index is 11.0. The molecule has 1 aromatic rings. The highest BCUT2D eigenvalue weighted by atomic mass is 32.1. The molecule has 0 spiro atoms. The summed E-state index contributed by atoms with van der Waals surface area (Å²) in [4.78, 5) is 16.5. The van der Waals surface area contributed by atoms with Gasteiger partial charge in [0, 0.05) is 25.1 Å². The summed E-state index contributed by atoms with van der Waals surface area (Å²) < 4.78 is 4.95. The van der Waals surface area contributed by atoms with Crippen molar-refractivity contribution in [1.29, 1.82) is 0 Å². The number of methoxy groups -OCH3 is 1. The van der Waals surface area contributed by atoms with Crippen LogP contribution in [0, 0.1) is 0 Å². The zero-order valence-electron chi connectivity index (χ0n) is 9.73. The lowest BCUT2D eigenvalue weighted by atomic mass is 10.1. The number of carboxylic acids is 1. The normalized spacial score (nSPS) is 18.1. The van der Waals surface area contributed by atoms with Crippen molar-refractivity contribution in [3.63, 3.8) is 0 Å². The van der Waals surface area contributed by atoms with Gasteiger partial charge in [-0.3, -0.25) is 4.79 Å². The molecule has 94 valence electrons. The Bertz CT molecular complexity index is 405. The highest BCUT2D eigenvalue weighted by Crippen LogP contribution is 2.38. The van der Waals surface area contributed by atoms with E-state index >= 15 is 0 Å². The number of fused-ring (bicyclic) bond motifs is 1. The molecule has 0 saturated carbocycles. The topological polar surface area (TPSA) is 71.5 Å². The minimum absolute atomic E-state index is 0.407. The zero-order valence-corrected chi connectivity index (χ0v) is 10.5. The van der Waals surface area contributed by atoms with Crippen LogP contribution < -0.4 is 5.32 Å². The molecule has 1 atom stereocenters. The fraction of sp³-hybridized carbons (Fsp3) is 0.636. The maximum atomic E-state index is 11.0. The first-order valence-corrected chi connectivity index (χ1v) is 6.49. The molecule has 0 fully saturated rings. The van der Waals surface area contributed by atoms with Crippen LogP contribution in [0.15, 0.2) is 0 Å². The largest absolute Gasteiger partial charge is 0.481 e. The van der Waals surface area contributed by atoms with E-state index in [1.54, 1.807) is 18.4 Å². The number of nitrogens with one attached hydrogen (secondary N) is 1. The SMILES string of the molecule is COCCCNc1nc2c(s1)CCC2C(=O)O. The lowest BCUT2D eigenvalue weighted by Gasteiger charge is -2.03. The van der Waals surface area contributed by atoms with Gasteiger partial charge in [0.25, 0.3) is 0 Å². The molecule has 0 radical (unpaired) electrons. The van der Waals surface area contributed by atoms with Crippen LogP contribution >= 0.6 is 11.3 Å². The third kappa shape index (κ3) is 2.76. The highest BCUT2D eigenvalue weighted by Gasteiger charge is 2.32. The van der Waals surface area contributed by atoms with E-state index in [0.29, 0.717) is 6.42 Å². The second-order valence-corrected chi connectivity index (χ2v) is 5.11. The van der Waals surface area contributed by atoms with E-state index in [4.69, 9.17) is 9.84 Å². The van der Waals surface area contributed by atoms with Gasteiger partial charge in [0.05, 0.1) is 5.69 Å². The van der Waals surface area contributed by atoms with Gasteiger partial charge in [0.15, 0.2) is 5.13 Å². The number of carbonyl (C=O) groups is 1. The Labute approximate surface area is 104 Å². The summed E-state index contributed by atoms with van der Waals surface area (Å²) in [7, 11) is 1.68. The second-order valence-electron chi connectivity index (χ2n) is 4.03. The van der Waals surface area contributed by atoms with Crippen LogP contribution in [-0.2, 0) is 16.0 Å². The molecule has 0 aliphatic heterocycles. The number of ether oxygens (including phenoxy) is 1. The molecule has 0 aromatic carbocycles. The number of rotatable bonds is 6. The summed E-state index contributed by atoms with van der Waals surface area (Å²) in [5.41, 5.74) is 0.761. The van der Waals surface area contributed by atoms with Crippen molar-refractivity contribution in [1.82, 2.24) is 4.98 Å². The molecule has 1 aliphatic rings. The molecule has 2 rings (SSSR count). The van der Waals surface area contributed by atoms with Crippen LogP contribution in [0.2, 0.25) is 0 Å². The number of thiazole rings is 1. The van der Waals surface area contributed by atoms with Crippen LogP contribution in [0.1, 0.15) is 29.3 Å². The summed E-state index contributed by atoms with van der Waals surface area (Å²) in [6.07, 6.45) is 2.44. The number of hydrogen-bond donors (Lipinski definition) is 2. The zero-order chi connectivity index (χ0) is 12.3. The first kappa shape index (κ1) is 12.3. The quantitative estimate of drug-likeness (QED) is 0.758. The van der Waals surface area contributed by atoms with Crippen molar-refractivity contribution >= 4 is 22.4 Å². The molecular weight excluding hydrogens is 240 g/mol. The van der Waals surface area contributed by atoms with Crippen LogP contribution in [0.4, 0.5) is 5.13 Å². The standard InChI is InChI=1S/C11H16N2O3S/c1-16-6-2-5-12-11-13-9-7(10(14)15)3-4-8(9)17-11/h7H,2-6H2,1H3,(H,12,13)(H,14,15). The second kappa shape index (κ2) is 5.46. The number of nitrogens with zero attached hydrogens (tertiary/aromatic N) is 1. The average molecular weight is 256 g/mol. The minimum Gasteiger partial charge on any atom is -0.481 e. The Kier molecular flexibility index (Phi) is 3.96. The fourth-order valence-corrected chi connectivity index (χ4v) is 3.02. The summed E-state index contributed by atoms with van der Waals surface area (Å²) in [6.45, 7) is 1.52. The van der Waals surface area contributed by atoms with Gasteiger partial charge in [0.2, 0.25) is 0 Å². The Morgan fingerprint density at radius 2 is 2.53 bits per heavy atom. The third-order valence-corrected chi connectivity index (χ3v) is 3.91. The van der Waals surface area contributed by atoms with Crippen molar-refractivity contribution in [2.24, 2.45) is 0 Å². The summed E-state index contributed by atoms with van der Waals surface area (Å²) >= 11 is 1.57. The van der Waals surface area contributed by atoms with Crippen molar-refractivity contribution in [3.8, 4) is 0 Å². The van der Waals surface area contributed by atoms with Crippen molar-refractivity contribution in [2.45, 2.75) is 25.2 Å². The molecule has 1 aliphatic carbocycles. The molecule has 0 saturated heterocycles. The van der Waals surface area contributed by atoms with Gasteiger partial charge < -0.3 is 15.2 Å². The molecule has 1 aromatic heterocycles. The minimum atomic E-state index is -0.764. The van der Waals surface area contributed by atoms with Crippen molar-refractivity contribution in [3.05, 3.63) is 10.6 Å². The molecule has 6 heteroatoms. The fourth-order valence-electron chi connectivity index (χ4n) is 1.95. The van der Waals surface area contributed by atoms with E-state index in [0.717, 1.165) is 41.7 Å². The lowest BCUT2D eigenvalue weighted by molar-refractivity contribution is -0.138. The van der Waals surface area contributed by atoms with E-state index in [2.05, 4.69) is 10.3 Å². The monoisotopic (exact) mass is 256 g/mol. The van der Waals surface area contributed by atoms with Crippen LogP contribution in [0.25, 0.3) is 0 Å². The first-order chi connectivity index (χ1) is 8.22. The van der Waals surface area contributed by atoms with Gasteiger partial charge in [-0.15, -0.1) is 11.3 Å². The highest BCUT2D eigenvalue weighted by molar-refractivity contribution is 7.15. The molecule has 1 unspecified atom stereocenters. The molecule has 1 heterocycles. The van der Waals surface area contributed by atoms with Crippen molar-refractivity contribution < 1.29 is 14.6 Å². The number of aliphatic carboxylic acids is 1. The predicted molar refractivity (Wildman–Crippen MR) is 65.8 cm³/mol.